The number of fused-ring (bicyclic) bond motifs is 1. The van der Waals surface area contributed by atoms with Gasteiger partial charge >= 0.3 is 0 Å². The lowest BCUT2D eigenvalue weighted by Gasteiger charge is -2.37. The number of anilines is 3. The van der Waals surface area contributed by atoms with Gasteiger partial charge < -0.3 is 19.9 Å². The van der Waals surface area contributed by atoms with E-state index < -0.39 is 23.8 Å². The number of benzene rings is 2. The van der Waals surface area contributed by atoms with E-state index in [-0.39, 0.29) is 5.56 Å². The molecule has 0 amide bonds. The summed E-state index contributed by atoms with van der Waals surface area (Å²) in [6.45, 7) is 5.01. The molecular weight excluding hydrogens is 481 g/mol. The van der Waals surface area contributed by atoms with Gasteiger partial charge in [0.2, 0.25) is 0 Å². The molecule has 1 fully saturated rings. The van der Waals surface area contributed by atoms with Crippen molar-refractivity contribution in [3.63, 3.8) is 0 Å². The molecule has 1 atom stereocenters. The minimum Gasteiger partial charge on any atom is -0.495 e. The normalized spacial score (nSPS) is 14.9. The third-order valence-electron chi connectivity index (χ3n) is 6.85. The number of pyridine rings is 1. The summed E-state index contributed by atoms with van der Waals surface area (Å²) in [5, 5.41) is 8.41. The number of hydrogen-bond donors (Lipinski definition) is 1. The topological polar surface area (TPSA) is 58.5 Å². The van der Waals surface area contributed by atoms with Crippen molar-refractivity contribution in [2.45, 2.75) is 19.4 Å². The summed E-state index contributed by atoms with van der Waals surface area (Å²) in [5.41, 5.74) is 3.08. The Kier molecular flexibility index (Phi) is 6.82. The summed E-state index contributed by atoms with van der Waals surface area (Å²) in [6.07, 6.45) is 2.67. The number of rotatable bonds is 7. The predicted octanol–water partition coefficient (Wildman–Crippen LogP) is 5.55. The van der Waals surface area contributed by atoms with Crippen molar-refractivity contribution >= 4 is 28.0 Å². The lowest BCUT2D eigenvalue weighted by molar-refractivity contribution is 0.146. The summed E-state index contributed by atoms with van der Waals surface area (Å²) in [7, 11) is 3.55. The Balaban J connectivity index is 1.43. The fourth-order valence-electron chi connectivity index (χ4n) is 4.86. The molecule has 0 bridgehead atoms. The van der Waals surface area contributed by atoms with Gasteiger partial charge in [0.1, 0.15) is 11.6 Å². The molecule has 5 rings (SSSR count). The fraction of sp³-hybridized carbons (Fsp3) is 0.333. The van der Waals surface area contributed by atoms with Crippen LogP contribution in [0.3, 0.4) is 0 Å². The molecule has 0 saturated carbocycles. The molecular formula is C27H29F3N6O. The van der Waals surface area contributed by atoms with E-state index in [9.17, 15) is 13.2 Å². The van der Waals surface area contributed by atoms with Gasteiger partial charge in [0.25, 0.3) is 6.43 Å². The van der Waals surface area contributed by atoms with Gasteiger partial charge in [0.05, 0.1) is 41.8 Å². The van der Waals surface area contributed by atoms with Crippen LogP contribution in [0.4, 0.5) is 30.2 Å². The number of aryl methyl sites for hydroxylation is 1. The molecule has 4 aromatic rings. The van der Waals surface area contributed by atoms with Crippen molar-refractivity contribution in [3.05, 3.63) is 71.9 Å². The molecule has 10 heteroatoms. The first-order chi connectivity index (χ1) is 17.9. The van der Waals surface area contributed by atoms with Crippen molar-refractivity contribution in [2.75, 3.05) is 48.4 Å². The maximum Gasteiger partial charge on any atom is 0.266 e. The molecule has 1 N–H and O–H groups in total. The first-order valence-electron chi connectivity index (χ1n) is 12.1. The monoisotopic (exact) mass is 510 g/mol. The zero-order chi connectivity index (χ0) is 26.1. The van der Waals surface area contributed by atoms with Gasteiger partial charge in [0.15, 0.2) is 0 Å². The lowest BCUT2D eigenvalue weighted by atomic mass is 10.0. The molecule has 37 heavy (non-hydrogen) atoms. The highest BCUT2D eigenvalue weighted by molar-refractivity contribution is 5.95. The second kappa shape index (κ2) is 10.2. The first-order valence-corrected chi connectivity index (χ1v) is 12.1. The van der Waals surface area contributed by atoms with Gasteiger partial charge in [-0.3, -0.25) is 9.67 Å². The number of piperazine rings is 1. The van der Waals surface area contributed by atoms with E-state index in [0.29, 0.717) is 5.52 Å². The van der Waals surface area contributed by atoms with Crippen LogP contribution in [0.2, 0.25) is 0 Å². The number of alkyl halides is 2. The number of methoxy groups -OCH3 is 1. The lowest BCUT2D eigenvalue weighted by Crippen LogP contribution is -2.46. The van der Waals surface area contributed by atoms with Crippen LogP contribution in [0.25, 0.3) is 10.9 Å². The summed E-state index contributed by atoms with van der Waals surface area (Å²) in [4.78, 5) is 9.07. The summed E-state index contributed by atoms with van der Waals surface area (Å²) in [5.74, 6) is -0.166. The van der Waals surface area contributed by atoms with Crippen LogP contribution in [0.5, 0.6) is 5.75 Å². The quantitative estimate of drug-likeness (QED) is 0.352. The highest BCUT2D eigenvalue weighted by Gasteiger charge is 2.23. The van der Waals surface area contributed by atoms with E-state index in [0.717, 1.165) is 60.4 Å². The number of hydrogen-bond acceptors (Lipinski definition) is 6. The van der Waals surface area contributed by atoms with Gasteiger partial charge in [-0.2, -0.15) is 5.10 Å². The third kappa shape index (κ3) is 4.87. The van der Waals surface area contributed by atoms with Crippen LogP contribution in [-0.4, -0.2) is 48.1 Å². The smallest absolute Gasteiger partial charge is 0.266 e. The molecule has 7 nitrogen and oxygen atoms in total. The molecule has 1 aliphatic rings. The number of ether oxygens (including phenoxy) is 1. The highest BCUT2D eigenvalue weighted by atomic mass is 19.3. The van der Waals surface area contributed by atoms with Crippen LogP contribution in [0, 0.1) is 5.82 Å². The zero-order valence-electron chi connectivity index (χ0n) is 21.0. The van der Waals surface area contributed by atoms with Gasteiger partial charge in [-0.05, 0) is 19.1 Å². The molecule has 0 aliphatic carbocycles. The van der Waals surface area contributed by atoms with Crippen LogP contribution < -0.4 is 19.9 Å². The molecule has 3 heterocycles. The Morgan fingerprint density at radius 2 is 1.76 bits per heavy atom. The van der Waals surface area contributed by atoms with Crippen molar-refractivity contribution in [1.29, 1.82) is 0 Å². The molecule has 194 valence electrons. The number of nitrogens with one attached hydrogen (secondary N) is 1. The van der Waals surface area contributed by atoms with Crippen LogP contribution >= 0.6 is 0 Å². The van der Waals surface area contributed by atoms with Crippen LogP contribution in [0.15, 0.2) is 55.0 Å². The molecule has 0 spiro atoms. The van der Waals surface area contributed by atoms with Crippen molar-refractivity contribution in [3.8, 4) is 5.75 Å². The number of halogens is 3. The average molecular weight is 511 g/mol. The Hall–Kier alpha value is -3.95. The first kappa shape index (κ1) is 24.7. The molecule has 1 aliphatic heterocycles. The van der Waals surface area contributed by atoms with Gasteiger partial charge in [-0.25, -0.2) is 13.2 Å². The second-order valence-electron chi connectivity index (χ2n) is 9.16. The summed E-state index contributed by atoms with van der Waals surface area (Å²) in [6, 6.07) is 9.29. The standard InChI is InChI=1S/C27H29F3N6O/c1-17(19-5-4-6-20(26(19)28)27(29)30)33-22-7-8-31-23-14-25(37-3)24(13-21(22)23)36-11-9-35(10-12-36)18-15-32-34(2)16-18/h4-8,13-17,27H,9-12H2,1-3H3,(H,31,33)/t17-/m1/s1. The van der Waals surface area contributed by atoms with Crippen LogP contribution in [0.1, 0.15) is 30.5 Å². The van der Waals surface area contributed by atoms with E-state index in [4.69, 9.17) is 4.74 Å². The maximum atomic E-state index is 14.8. The largest absolute Gasteiger partial charge is 0.495 e. The van der Waals surface area contributed by atoms with E-state index in [1.807, 2.05) is 37.6 Å². The van der Waals surface area contributed by atoms with E-state index in [1.54, 1.807) is 24.9 Å². The Bertz CT molecular complexity index is 1400. The van der Waals surface area contributed by atoms with E-state index in [1.165, 1.54) is 12.1 Å². The zero-order valence-corrected chi connectivity index (χ0v) is 21.0. The van der Waals surface area contributed by atoms with Gasteiger partial charge in [0, 0.05) is 68.3 Å². The minimum atomic E-state index is -2.87. The maximum absolute atomic E-state index is 14.8. The van der Waals surface area contributed by atoms with E-state index >= 15 is 0 Å². The van der Waals surface area contributed by atoms with Gasteiger partial charge in [-0.1, -0.05) is 18.2 Å². The fourth-order valence-corrected chi connectivity index (χ4v) is 4.86. The van der Waals surface area contributed by atoms with Crippen molar-refractivity contribution < 1.29 is 17.9 Å². The third-order valence-corrected chi connectivity index (χ3v) is 6.85. The molecule has 1 saturated heterocycles. The molecule has 2 aromatic carbocycles. The Morgan fingerprint density at radius 3 is 2.43 bits per heavy atom. The molecule has 0 radical (unpaired) electrons. The van der Waals surface area contributed by atoms with E-state index in [2.05, 4.69) is 25.2 Å². The molecule has 0 unspecified atom stereocenters. The van der Waals surface area contributed by atoms with Crippen molar-refractivity contribution in [2.24, 2.45) is 7.05 Å². The molecule has 2 aromatic heterocycles. The van der Waals surface area contributed by atoms with Gasteiger partial charge in [-0.15, -0.1) is 0 Å². The van der Waals surface area contributed by atoms with Crippen LogP contribution in [-0.2, 0) is 7.05 Å². The number of nitrogens with zero attached hydrogens (tertiary/aromatic N) is 5. The average Bonchev–Trinajstić information content (AvgIpc) is 3.34. The Labute approximate surface area is 213 Å². The second-order valence-corrected chi connectivity index (χ2v) is 9.16. The predicted molar refractivity (Wildman–Crippen MR) is 139 cm³/mol. The summed E-state index contributed by atoms with van der Waals surface area (Å²) >= 11 is 0. The minimum absolute atomic E-state index is 0.183. The van der Waals surface area contributed by atoms with Crippen molar-refractivity contribution in [1.82, 2.24) is 14.8 Å². The Morgan fingerprint density at radius 1 is 1.03 bits per heavy atom. The number of aromatic nitrogens is 3. The summed E-state index contributed by atoms with van der Waals surface area (Å²) < 4.78 is 48.8. The SMILES string of the molecule is COc1cc2nccc(N[C@H](C)c3cccc(C(F)F)c3F)c2cc1N1CCN(c2cnn(C)c2)CC1. The highest BCUT2D eigenvalue weighted by Crippen LogP contribution is 2.37.